The Bertz CT molecular complexity index is 931. The lowest BCUT2D eigenvalue weighted by Gasteiger charge is -2.14. The van der Waals surface area contributed by atoms with Crippen molar-refractivity contribution in [1.82, 2.24) is 4.98 Å². The highest BCUT2D eigenvalue weighted by molar-refractivity contribution is 5.93. The molecule has 0 bridgehead atoms. The summed E-state index contributed by atoms with van der Waals surface area (Å²) in [5, 5.41) is 4.00. The molecular weight excluding hydrogens is 356 g/mol. The molecular formula is C26H32N2O. The monoisotopic (exact) mass is 388 g/mol. The number of carbonyl (C=O) groups excluding carboxylic acids is 1. The zero-order valence-electron chi connectivity index (χ0n) is 17.8. The summed E-state index contributed by atoms with van der Waals surface area (Å²) in [5.41, 5.74) is 4.40. The third kappa shape index (κ3) is 6.42. The first-order chi connectivity index (χ1) is 14.0. The lowest BCUT2D eigenvalue weighted by Crippen LogP contribution is -2.11. The molecule has 0 fully saturated rings. The maximum absolute atomic E-state index is 12.3. The third-order valence-electron chi connectivity index (χ3n) is 5.47. The number of benzene rings is 2. The van der Waals surface area contributed by atoms with E-state index in [0.717, 1.165) is 35.3 Å². The molecule has 0 saturated heterocycles. The second kappa shape index (κ2) is 10.2. The molecule has 0 spiro atoms. The van der Waals surface area contributed by atoms with Crippen molar-refractivity contribution in [2.24, 2.45) is 5.92 Å². The Morgan fingerprint density at radius 1 is 1.00 bits per heavy atom. The van der Waals surface area contributed by atoms with E-state index in [4.69, 9.17) is 0 Å². The molecule has 2 aromatic carbocycles. The predicted octanol–water partition coefficient (Wildman–Crippen LogP) is 6.74. The standard InChI is InChI=1S/C26H32N2O/c1-19(2)11-12-20(3)22-15-13-21(14-16-22)7-6-10-26(29)28-24-17-23-8-4-5-9-25(23)27-18-24/h4-5,8-9,13-20H,6-7,10-12H2,1-3H3,(H,28,29). The molecule has 1 unspecified atom stereocenters. The second-order valence-electron chi connectivity index (χ2n) is 8.43. The van der Waals surface area contributed by atoms with Crippen molar-refractivity contribution in [1.29, 1.82) is 0 Å². The number of aromatic nitrogens is 1. The van der Waals surface area contributed by atoms with Gasteiger partial charge in [0.25, 0.3) is 0 Å². The van der Waals surface area contributed by atoms with Crippen LogP contribution in [0, 0.1) is 5.92 Å². The van der Waals surface area contributed by atoms with Crippen LogP contribution >= 0.6 is 0 Å². The molecule has 3 nitrogen and oxygen atoms in total. The van der Waals surface area contributed by atoms with Gasteiger partial charge in [-0.2, -0.15) is 0 Å². The Kier molecular flexibility index (Phi) is 7.40. The average molecular weight is 389 g/mol. The molecule has 1 heterocycles. The maximum atomic E-state index is 12.3. The van der Waals surface area contributed by atoms with E-state index in [1.807, 2.05) is 30.3 Å². The smallest absolute Gasteiger partial charge is 0.224 e. The number of anilines is 1. The van der Waals surface area contributed by atoms with Gasteiger partial charge in [-0.3, -0.25) is 9.78 Å². The molecule has 0 radical (unpaired) electrons. The molecule has 1 N–H and O–H groups in total. The van der Waals surface area contributed by atoms with E-state index in [9.17, 15) is 4.79 Å². The van der Waals surface area contributed by atoms with Gasteiger partial charge in [0.1, 0.15) is 0 Å². The molecule has 0 aliphatic heterocycles. The summed E-state index contributed by atoms with van der Waals surface area (Å²) in [5.74, 6) is 1.40. The van der Waals surface area contributed by atoms with Crippen LogP contribution in [0.2, 0.25) is 0 Å². The molecule has 29 heavy (non-hydrogen) atoms. The molecule has 1 atom stereocenters. The van der Waals surface area contributed by atoms with Gasteiger partial charge in [-0.1, -0.05) is 69.7 Å². The van der Waals surface area contributed by atoms with E-state index in [-0.39, 0.29) is 5.91 Å². The van der Waals surface area contributed by atoms with Crippen LogP contribution in [0.1, 0.15) is 63.5 Å². The van der Waals surface area contributed by atoms with Crippen molar-refractivity contribution < 1.29 is 4.79 Å². The van der Waals surface area contributed by atoms with Gasteiger partial charge in [-0.05, 0) is 54.4 Å². The van der Waals surface area contributed by atoms with Crippen molar-refractivity contribution >= 4 is 22.5 Å². The third-order valence-corrected chi connectivity index (χ3v) is 5.47. The van der Waals surface area contributed by atoms with Gasteiger partial charge >= 0.3 is 0 Å². The van der Waals surface area contributed by atoms with Crippen molar-refractivity contribution in [3.63, 3.8) is 0 Å². The molecule has 3 aromatic rings. The second-order valence-corrected chi connectivity index (χ2v) is 8.43. The Morgan fingerprint density at radius 3 is 2.52 bits per heavy atom. The van der Waals surface area contributed by atoms with Gasteiger partial charge in [-0.25, -0.2) is 0 Å². The minimum atomic E-state index is 0.0426. The van der Waals surface area contributed by atoms with E-state index >= 15 is 0 Å². The highest BCUT2D eigenvalue weighted by Gasteiger charge is 2.08. The first-order valence-electron chi connectivity index (χ1n) is 10.7. The number of hydrogen-bond donors (Lipinski definition) is 1. The zero-order valence-corrected chi connectivity index (χ0v) is 17.8. The number of rotatable bonds is 9. The number of aryl methyl sites for hydroxylation is 1. The molecule has 3 heteroatoms. The van der Waals surface area contributed by atoms with Gasteiger partial charge in [-0.15, -0.1) is 0 Å². The minimum Gasteiger partial charge on any atom is -0.325 e. The van der Waals surface area contributed by atoms with E-state index in [2.05, 4.69) is 55.3 Å². The summed E-state index contributed by atoms with van der Waals surface area (Å²) in [6.45, 7) is 6.87. The fraction of sp³-hybridized carbons (Fsp3) is 0.385. The first kappa shape index (κ1) is 21.0. The summed E-state index contributed by atoms with van der Waals surface area (Å²) in [6.07, 6.45) is 6.50. The van der Waals surface area contributed by atoms with Gasteiger partial charge in [0, 0.05) is 11.8 Å². The highest BCUT2D eigenvalue weighted by Crippen LogP contribution is 2.23. The Labute approximate surface area is 174 Å². The summed E-state index contributed by atoms with van der Waals surface area (Å²) in [6, 6.07) is 18.8. The lowest BCUT2D eigenvalue weighted by atomic mass is 9.92. The van der Waals surface area contributed by atoms with E-state index in [1.54, 1.807) is 6.20 Å². The number of amides is 1. The quantitative estimate of drug-likeness (QED) is 0.441. The lowest BCUT2D eigenvalue weighted by molar-refractivity contribution is -0.116. The summed E-state index contributed by atoms with van der Waals surface area (Å²) in [7, 11) is 0. The molecule has 1 aromatic heterocycles. The van der Waals surface area contributed by atoms with Gasteiger partial charge in [0.15, 0.2) is 0 Å². The van der Waals surface area contributed by atoms with Crippen LogP contribution in [0.25, 0.3) is 10.9 Å². The number of nitrogens with zero attached hydrogens (tertiary/aromatic N) is 1. The predicted molar refractivity (Wildman–Crippen MR) is 122 cm³/mol. The molecule has 0 aliphatic carbocycles. The maximum Gasteiger partial charge on any atom is 0.224 e. The van der Waals surface area contributed by atoms with Crippen LogP contribution in [0.3, 0.4) is 0 Å². The molecule has 0 aliphatic rings. The van der Waals surface area contributed by atoms with Crippen LogP contribution in [0.4, 0.5) is 5.69 Å². The first-order valence-corrected chi connectivity index (χ1v) is 10.7. The molecule has 0 saturated carbocycles. The number of carbonyl (C=O) groups is 1. The van der Waals surface area contributed by atoms with E-state index in [1.165, 1.54) is 24.0 Å². The van der Waals surface area contributed by atoms with Crippen LogP contribution < -0.4 is 5.32 Å². The molecule has 152 valence electrons. The van der Waals surface area contributed by atoms with Crippen LogP contribution in [-0.2, 0) is 11.2 Å². The van der Waals surface area contributed by atoms with Crippen LogP contribution in [-0.4, -0.2) is 10.9 Å². The van der Waals surface area contributed by atoms with E-state index in [0.29, 0.717) is 12.3 Å². The van der Waals surface area contributed by atoms with Crippen molar-refractivity contribution in [3.8, 4) is 0 Å². The van der Waals surface area contributed by atoms with Crippen molar-refractivity contribution in [3.05, 3.63) is 71.9 Å². The van der Waals surface area contributed by atoms with Gasteiger partial charge < -0.3 is 5.32 Å². The minimum absolute atomic E-state index is 0.0426. The molecule has 1 amide bonds. The summed E-state index contributed by atoms with van der Waals surface area (Å²) >= 11 is 0. The van der Waals surface area contributed by atoms with Crippen LogP contribution in [0.15, 0.2) is 60.8 Å². The number of pyridine rings is 1. The van der Waals surface area contributed by atoms with Gasteiger partial charge in [0.2, 0.25) is 5.91 Å². The Balaban J connectivity index is 1.44. The topological polar surface area (TPSA) is 42.0 Å². The number of fused-ring (bicyclic) bond motifs is 1. The Morgan fingerprint density at radius 2 is 1.76 bits per heavy atom. The van der Waals surface area contributed by atoms with Crippen molar-refractivity contribution in [2.45, 2.75) is 58.8 Å². The summed E-state index contributed by atoms with van der Waals surface area (Å²) < 4.78 is 0. The number of nitrogens with one attached hydrogen (secondary N) is 1. The number of para-hydroxylation sites is 1. The number of hydrogen-bond acceptors (Lipinski definition) is 2. The van der Waals surface area contributed by atoms with Crippen molar-refractivity contribution in [2.75, 3.05) is 5.32 Å². The highest BCUT2D eigenvalue weighted by atomic mass is 16.1. The normalized spacial score (nSPS) is 12.3. The van der Waals surface area contributed by atoms with E-state index < -0.39 is 0 Å². The fourth-order valence-corrected chi connectivity index (χ4v) is 3.58. The summed E-state index contributed by atoms with van der Waals surface area (Å²) in [4.78, 5) is 16.7. The Hall–Kier alpha value is -2.68. The average Bonchev–Trinajstić information content (AvgIpc) is 2.72. The SMILES string of the molecule is CC(C)CCC(C)c1ccc(CCCC(=O)Nc2cnc3ccccc3c2)cc1. The van der Waals surface area contributed by atoms with Gasteiger partial charge in [0.05, 0.1) is 17.4 Å². The van der Waals surface area contributed by atoms with Crippen LogP contribution in [0.5, 0.6) is 0 Å². The fourth-order valence-electron chi connectivity index (χ4n) is 3.58. The zero-order chi connectivity index (χ0) is 20.6. The molecule has 3 rings (SSSR count). The largest absolute Gasteiger partial charge is 0.325 e.